The molecule has 0 aliphatic rings. The number of rotatable bonds is 2. The molecule has 0 aliphatic heterocycles. The van der Waals surface area contributed by atoms with Gasteiger partial charge in [-0.15, -0.1) is 0 Å². The van der Waals surface area contributed by atoms with E-state index < -0.39 is 5.97 Å². The number of aryl methyl sites for hydroxylation is 2. The number of benzene rings is 1. The molecule has 3 nitrogen and oxygen atoms in total. The van der Waals surface area contributed by atoms with Crippen molar-refractivity contribution in [3.05, 3.63) is 52.3 Å². The van der Waals surface area contributed by atoms with Crippen LogP contribution in [0.25, 0.3) is 11.1 Å². The molecule has 4 heteroatoms. The van der Waals surface area contributed by atoms with Crippen LogP contribution >= 0.6 is 11.6 Å². The van der Waals surface area contributed by atoms with Gasteiger partial charge < -0.3 is 5.11 Å². The first kappa shape index (κ1) is 12.6. The van der Waals surface area contributed by atoms with Crippen molar-refractivity contribution in [2.45, 2.75) is 13.8 Å². The van der Waals surface area contributed by atoms with Crippen LogP contribution in [0.2, 0.25) is 5.02 Å². The molecule has 0 saturated carbocycles. The van der Waals surface area contributed by atoms with E-state index in [1.54, 1.807) is 12.1 Å². The number of carboxylic acid groups (broad SMARTS) is 1. The number of carboxylic acids is 1. The van der Waals surface area contributed by atoms with Crippen molar-refractivity contribution in [1.82, 2.24) is 4.98 Å². The number of pyridine rings is 1. The van der Waals surface area contributed by atoms with Crippen LogP contribution in [-0.4, -0.2) is 16.1 Å². The second-order valence-corrected chi connectivity index (χ2v) is 4.57. The molecule has 1 heterocycles. The summed E-state index contributed by atoms with van der Waals surface area (Å²) in [5, 5.41) is 9.71. The quantitative estimate of drug-likeness (QED) is 0.896. The van der Waals surface area contributed by atoms with E-state index in [2.05, 4.69) is 4.98 Å². The van der Waals surface area contributed by atoms with Gasteiger partial charge in [-0.1, -0.05) is 11.6 Å². The van der Waals surface area contributed by atoms with Crippen molar-refractivity contribution < 1.29 is 9.90 Å². The number of carbonyl (C=O) groups is 1. The Bertz CT molecular complexity index is 603. The SMILES string of the molecule is Cc1cc(-c2cc(Cl)ccc2C(=O)O)cc(C)n1. The first-order chi connectivity index (χ1) is 8.47. The van der Waals surface area contributed by atoms with E-state index in [9.17, 15) is 9.90 Å². The monoisotopic (exact) mass is 261 g/mol. The number of hydrogen-bond donors (Lipinski definition) is 1. The highest BCUT2D eigenvalue weighted by Crippen LogP contribution is 2.28. The van der Waals surface area contributed by atoms with Crippen molar-refractivity contribution in [1.29, 1.82) is 0 Å². The summed E-state index contributed by atoms with van der Waals surface area (Å²) in [5.41, 5.74) is 3.37. The highest BCUT2D eigenvalue weighted by molar-refractivity contribution is 6.31. The molecule has 2 aromatic rings. The van der Waals surface area contributed by atoms with Crippen molar-refractivity contribution in [2.24, 2.45) is 0 Å². The second-order valence-electron chi connectivity index (χ2n) is 4.13. The van der Waals surface area contributed by atoms with Gasteiger partial charge in [-0.25, -0.2) is 4.79 Å². The average Bonchev–Trinajstić information content (AvgIpc) is 2.27. The first-order valence-electron chi connectivity index (χ1n) is 5.46. The van der Waals surface area contributed by atoms with Crippen LogP contribution in [0.1, 0.15) is 21.7 Å². The van der Waals surface area contributed by atoms with Crippen LogP contribution in [0, 0.1) is 13.8 Å². The smallest absolute Gasteiger partial charge is 0.336 e. The van der Waals surface area contributed by atoms with Gasteiger partial charge in [0.15, 0.2) is 0 Å². The van der Waals surface area contributed by atoms with E-state index in [0.717, 1.165) is 17.0 Å². The number of hydrogen-bond acceptors (Lipinski definition) is 2. The van der Waals surface area contributed by atoms with Gasteiger partial charge in [-0.2, -0.15) is 0 Å². The Morgan fingerprint density at radius 1 is 1.17 bits per heavy atom. The fourth-order valence-electron chi connectivity index (χ4n) is 1.93. The molecule has 0 amide bonds. The van der Waals surface area contributed by atoms with Gasteiger partial charge in [0.2, 0.25) is 0 Å². The normalized spacial score (nSPS) is 10.4. The maximum atomic E-state index is 11.2. The third kappa shape index (κ3) is 2.51. The first-order valence-corrected chi connectivity index (χ1v) is 5.83. The summed E-state index contributed by atoms with van der Waals surface area (Å²) in [4.78, 5) is 15.5. The molecule has 0 saturated heterocycles. The highest BCUT2D eigenvalue weighted by atomic mass is 35.5. The Kier molecular flexibility index (Phi) is 3.34. The third-order valence-corrected chi connectivity index (χ3v) is 2.84. The van der Waals surface area contributed by atoms with Crippen molar-refractivity contribution in [3.8, 4) is 11.1 Å². The largest absolute Gasteiger partial charge is 0.478 e. The van der Waals surface area contributed by atoms with Crippen LogP contribution in [0.5, 0.6) is 0 Å². The number of aromatic carboxylic acids is 1. The van der Waals surface area contributed by atoms with Crippen LogP contribution in [0.15, 0.2) is 30.3 Å². The molecule has 0 bridgehead atoms. The molecule has 0 aliphatic carbocycles. The minimum absolute atomic E-state index is 0.240. The Balaban J connectivity index is 2.68. The molecular formula is C14H12ClNO2. The molecule has 92 valence electrons. The lowest BCUT2D eigenvalue weighted by Gasteiger charge is -2.08. The predicted octanol–water partition coefficient (Wildman–Crippen LogP) is 3.72. The van der Waals surface area contributed by atoms with E-state index >= 15 is 0 Å². The molecule has 0 fully saturated rings. The van der Waals surface area contributed by atoms with Gasteiger partial charge in [-0.05, 0) is 55.3 Å². The molecule has 2 rings (SSSR count). The minimum Gasteiger partial charge on any atom is -0.478 e. The lowest BCUT2D eigenvalue weighted by atomic mass is 9.99. The summed E-state index contributed by atoms with van der Waals surface area (Å²) in [6.07, 6.45) is 0. The maximum Gasteiger partial charge on any atom is 0.336 e. The van der Waals surface area contributed by atoms with Crippen molar-refractivity contribution in [3.63, 3.8) is 0 Å². The maximum absolute atomic E-state index is 11.2. The van der Waals surface area contributed by atoms with E-state index in [1.165, 1.54) is 6.07 Å². The molecule has 0 unspecified atom stereocenters. The zero-order chi connectivity index (χ0) is 13.3. The van der Waals surface area contributed by atoms with Crippen molar-refractivity contribution in [2.75, 3.05) is 0 Å². The highest BCUT2D eigenvalue weighted by Gasteiger charge is 2.13. The lowest BCUT2D eigenvalue weighted by molar-refractivity contribution is 0.0697. The summed E-state index contributed by atoms with van der Waals surface area (Å²) in [5.74, 6) is -0.964. The Morgan fingerprint density at radius 3 is 2.33 bits per heavy atom. The third-order valence-electron chi connectivity index (χ3n) is 2.60. The average molecular weight is 262 g/mol. The summed E-state index contributed by atoms with van der Waals surface area (Å²) in [7, 11) is 0. The van der Waals surface area contributed by atoms with E-state index in [4.69, 9.17) is 11.6 Å². The van der Waals surface area contributed by atoms with E-state index in [1.807, 2.05) is 26.0 Å². The van der Waals surface area contributed by atoms with Gasteiger partial charge in [0.1, 0.15) is 0 Å². The standard InChI is InChI=1S/C14H12ClNO2/c1-8-5-10(6-9(2)16-8)13-7-11(15)3-4-12(13)14(17)18/h3-7H,1-2H3,(H,17,18). The fourth-order valence-corrected chi connectivity index (χ4v) is 2.10. The molecule has 1 aromatic heterocycles. The second kappa shape index (κ2) is 4.78. The predicted molar refractivity (Wildman–Crippen MR) is 71.1 cm³/mol. The van der Waals surface area contributed by atoms with Gasteiger partial charge in [0.05, 0.1) is 5.56 Å². The van der Waals surface area contributed by atoms with Crippen LogP contribution in [-0.2, 0) is 0 Å². The number of halogens is 1. The molecule has 1 aromatic carbocycles. The molecule has 18 heavy (non-hydrogen) atoms. The minimum atomic E-state index is -0.964. The fraction of sp³-hybridized carbons (Fsp3) is 0.143. The van der Waals surface area contributed by atoms with Crippen LogP contribution < -0.4 is 0 Å². The van der Waals surface area contributed by atoms with Crippen LogP contribution in [0.4, 0.5) is 0 Å². The summed E-state index contributed by atoms with van der Waals surface area (Å²) in [6, 6.07) is 8.47. The number of aromatic nitrogens is 1. The molecule has 0 atom stereocenters. The van der Waals surface area contributed by atoms with Crippen molar-refractivity contribution >= 4 is 17.6 Å². The Labute approximate surface area is 110 Å². The molecule has 0 spiro atoms. The zero-order valence-electron chi connectivity index (χ0n) is 10.1. The van der Waals surface area contributed by atoms with Gasteiger partial charge in [-0.3, -0.25) is 4.98 Å². The van der Waals surface area contributed by atoms with Gasteiger partial charge >= 0.3 is 5.97 Å². The molecular weight excluding hydrogens is 250 g/mol. The Hall–Kier alpha value is -1.87. The Morgan fingerprint density at radius 2 is 1.78 bits per heavy atom. The topological polar surface area (TPSA) is 50.2 Å². The summed E-state index contributed by atoms with van der Waals surface area (Å²) >= 11 is 5.94. The van der Waals surface area contributed by atoms with Gasteiger partial charge in [0.25, 0.3) is 0 Å². The number of nitrogens with zero attached hydrogens (tertiary/aromatic N) is 1. The van der Waals surface area contributed by atoms with Gasteiger partial charge in [0, 0.05) is 16.4 Å². The summed E-state index contributed by atoms with van der Waals surface area (Å²) < 4.78 is 0. The van der Waals surface area contributed by atoms with E-state index in [-0.39, 0.29) is 5.56 Å². The molecule has 1 N–H and O–H groups in total. The zero-order valence-corrected chi connectivity index (χ0v) is 10.8. The summed E-state index contributed by atoms with van der Waals surface area (Å²) in [6.45, 7) is 3.75. The van der Waals surface area contributed by atoms with Crippen LogP contribution in [0.3, 0.4) is 0 Å². The van der Waals surface area contributed by atoms with E-state index in [0.29, 0.717) is 10.6 Å². The lowest BCUT2D eigenvalue weighted by Crippen LogP contribution is -2.00. The molecule has 0 radical (unpaired) electrons.